The van der Waals surface area contributed by atoms with E-state index in [0.717, 1.165) is 0 Å². The molecule has 2 amide bonds. The third-order valence-corrected chi connectivity index (χ3v) is 4.26. The summed E-state index contributed by atoms with van der Waals surface area (Å²) in [6, 6.07) is 15.5. The molecule has 29 heavy (non-hydrogen) atoms. The van der Waals surface area contributed by atoms with Gasteiger partial charge in [-0.05, 0) is 44.2 Å². The zero-order chi connectivity index (χ0) is 21.0. The highest BCUT2D eigenvalue weighted by Gasteiger charge is 2.22. The molecule has 0 aliphatic rings. The molecular formula is C20H19N5O4. The van der Waals surface area contributed by atoms with Gasteiger partial charge < -0.3 is 10.6 Å². The Hall–Kier alpha value is -4.01. The molecule has 2 aromatic carbocycles. The summed E-state index contributed by atoms with van der Waals surface area (Å²) in [4.78, 5) is 35.2. The molecule has 1 aromatic heterocycles. The molecule has 0 bridgehead atoms. The van der Waals surface area contributed by atoms with Gasteiger partial charge in [-0.2, -0.15) is 5.10 Å². The van der Waals surface area contributed by atoms with E-state index in [1.54, 1.807) is 55.5 Å². The summed E-state index contributed by atoms with van der Waals surface area (Å²) in [5.74, 6) is -0.652. The third kappa shape index (κ3) is 4.64. The van der Waals surface area contributed by atoms with Crippen LogP contribution in [0.5, 0.6) is 0 Å². The van der Waals surface area contributed by atoms with Crippen molar-refractivity contribution < 1.29 is 14.5 Å². The number of aromatic nitrogens is 2. The van der Waals surface area contributed by atoms with Crippen molar-refractivity contribution in [3.8, 4) is 0 Å². The van der Waals surface area contributed by atoms with Crippen LogP contribution in [0.3, 0.4) is 0 Å². The van der Waals surface area contributed by atoms with Crippen molar-refractivity contribution >= 4 is 28.9 Å². The maximum atomic E-state index is 12.4. The molecule has 0 aliphatic heterocycles. The molecule has 9 heteroatoms. The van der Waals surface area contributed by atoms with Gasteiger partial charge in [0.15, 0.2) is 0 Å². The van der Waals surface area contributed by atoms with Gasteiger partial charge in [0.05, 0.1) is 4.92 Å². The van der Waals surface area contributed by atoms with Gasteiger partial charge >= 0.3 is 5.69 Å². The van der Waals surface area contributed by atoms with E-state index >= 15 is 0 Å². The highest BCUT2D eigenvalue weighted by atomic mass is 16.6. The van der Waals surface area contributed by atoms with Crippen LogP contribution in [0.25, 0.3) is 0 Å². The average molecular weight is 393 g/mol. The number of carbonyl (C=O) groups excluding carboxylic acids is 2. The monoisotopic (exact) mass is 393 g/mol. The molecule has 3 rings (SSSR count). The van der Waals surface area contributed by atoms with Crippen molar-refractivity contribution in [2.24, 2.45) is 0 Å². The molecule has 0 atom stereocenters. The number of nitrogens with zero attached hydrogens (tertiary/aromatic N) is 3. The number of benzene rings is 2. The number of aryl methyl sites for hydroxylation is 1. The zero-order valence-corrected chi connectivity index (χ0v) is 15.9. The van der Waals surface area contributed by atoms with E-state index in [1.165, 1.54) is 11.6 Å². The van der Waals surface area contributed by atoms with Gasteiger partial charge in [-0.3, -0.25) is 24.4 Å². The van der Waals surface area contributed by atoms with Crippen molar-refractivity contribution in [1.29, 1.82) is 0 Å². The fraction of sp³-hybridized carbons (Fsp3) is 0.150. The first-order chi connectivity index (χ1) is 13.8. The van der Waals surface area contributed by atoms with E-state index < -0.39 is 10.8 Å². The summed E-state index contributed by atoms with van der Waals surface area (Å²) in [6.45, 7) is 2.91. The molecule has 1 heterocycles. The number of amides is 2. The number of hydrogen-bond donors (Lipinski definition) is 2. The zero-order valence-electron chi connectivity index (χ0n) is 15.9. The molecule has 148 valence electrons. The van der Waals surface area contributed by atoms with Crippen molar-refractivity contribution in [2.75, 3.05) is 10.6 Å². The van der Waals surface area contributed by atoms with Crippen LogP contribution >= 0.6 is 0 Å². The van der Waals surface area contributed by atoms with Crippen molar-refractivity contribution in [3.63, 3.8) is 0 Å². The predicted molar refractivity (Wildman–Crippen MR) is 108 cm³/mol. The highest BCUT2D eigenvalue weighted by Crippen LogP contribution is 2.22. The first-order valence-corrected chi connectivity index (χ1v) is 8.80. The Labute approximate surface area is 166 Å². The fourth-order valence-electron chi connectivity index (χ4n) is 2.91. The number of carbonyl (C=O) groups is 2. The molecule has 3 aromatic rings. The van der Waals surface area contributed by atoms with Crippen LogP contribution in [0, 0.1) is 24.0 Å². The molecule has 0 unspecified atom stereocenters. The Morgan fingerprint density at radius 1 is 1.03 bits per heavy atom. The van der Waals surface area contributed by atoms with Gasteiger partial charge in [0, 0.05) is 16.9 Å². The summed E-state index contributed by atoms with van der Waals surface area (Å²) >= 11 is 0. The van der Waals surface area contributed by atoms with E-state index in [-0.39, 0.29) is 23.8 Å². The van der Waals surface area contributed by atoms with Crippen LogP contribution < -0.4 is 10.6 Å². The van der Waals surface area contributed by atoms with Crippen molar-refractivity contribution in [3.05, 3.63) is 81.7 Å². The quantitative estimate of drug-likeness (QED) is 0.492. The fourth-order valence-corrected chi connectivity index (χ4v) is 2.91. The summed E-state index contributed by atoms with van der Waals surface area (Å²) in [5, 5.41) is 20.6. The second-order valence-corrected chi connectivity index (χ2v) is 6.38. The average Bonchev–Trinajstić information content (AvgIpc) is 2.95. The Balaban J connectivity index is 1.67. The number of hydrogen-bond acceptors (Lipinski definition) is 5. The molecule has 0 spiro atoms. The van der Waals surface area contributed by atoms with Crippen LogP contribution in [0.2, 0.25) is 0 Å². The molecule has 2 N–H and O–H groups in total. The summed E-state index contributed by atoms with van der Waals surface area (Å²) in [5.41, 5.74) is 2.00. The lowest BCUT2D eigenvalue weighted by Gasteiger charge is -2.09. The summed E-state index contributed by atoms with van der Waals surface area (Å²) in [7, 11) is 0. The Bertz CT molecular complexity index is 1080. The topological polar surface area (TPSA) is 119 Å². The van der Waals surface area contributed by atoms with Crippen LogP contribution in [0.15, 0.2) is 54.6 Å². The van der Waals surface area contributed by atoms with E-state index in [9.17, 15) is 19.7 Å². The largest absolute Gasteiger partial charge is 0.324 e. The number of anilines is 2. The van der Waals surface area contributed by atoms with Gasteiger partial charge in [0.1, 0.15) is 17.9 Å². The van der Waals surface area contributed by atoms with Crippen LogP contribution in [-0.2, 0) is 11.3 Å². The normalized spacial score (nSPS) is 10.4. The minimum absolute atomic E-state index is 0.0941. The minimum atomic E-state index is -0.509. The van der Waals surface area contributed by atoms with E-state index in [2.05, 4.69) is 15.7 Å². The second kappa shape index (κ2) is 8.34. The van der Waals surface area contributed by atoms with Crippen LogP contribution in [-0.4, -0.2) is 26.5 Å². The molecule has 0 aliphatic carbocycles. The van der Waals surface area contributed by atoms with Gasteiger partial charge in [-0.15, -0.1) is 0 Å². The Morgan fingerprint density at radius 2 is 1.69 bits per heavy atom. The van der Waals surface area contributed by atoms with Crippen molar-refractivity contribution in [1.82, 2.24) is 9.78 Å². The molecule has 9 nitrogen and oxygen atoms in total. The molecule has 0 saturated carbocycles. The predicted octanol–water partition coefficient (Wildman–Crippen LogP) is 3.30. The SMILES string of the molecule is Cc1nn(CC(=O)Nc2cccc(NC(=O)c3ccccc3)c2)c(C)c1[N+](=O)[O-]. The molecule has 0 saturated heterocycles. The maximum absolute atomic E-state index is 12.4. The lowest BCUT2D eigenvalue weighted by atomic mass is 10.2. The third-order valence-electron chi connectivity index (χ3n) is 4.26. The van der Waals surface area contributed by atoms with Gasteiger partial charge in [-0.1, -0.05) is 24.3 Å². The van der Waals surface area contributed by atoms with Crippen LogP contribution in [0.4, 0.5) is 17.1 Å². The standard InChI is InChI=1S/C20H19N5O4/c1-13-19(25(28)29)14(2)24(23-13)12-18(26)21-16-9-6-10-17(11-16)22-20(27)15-7-4-3-5-8-15/h3-11H,12H2,1-2H3,(H,21,26)(H,22,27). The first-order valence-electron chi connectivity index (χ1n) is 8.80. The van der Waals surface area contributed by atoms with Gasteiger partial charge in [0.2, 0.25) is 5.91 Å². The van der Waals surface area contributed by atoms with Gasteiger partial charge in [0.25, 0.3) is 5.91 Å². The Morgan fingerprint density at radius 3 is 2.31 bits per heavy atom. The lowest BCUT2D eigenvalue weighted by Crippen LogP contribution is -2.20. The second-order valence-electron chi connectivity index (χ2n) is 6.38. The Kier molecular flexibility index (Phi) is 5.68. The number of nitrogens with one attached hydrogen (secondary N) is 2. The van der Waals surface area contributed by atoms with E-state index in [4.69, 9.17) is 0 Å². The van der Waals surface area contributed by atoms with Crippen LogP contribution in [0.1, 0.15) is 21.7 Å². The molecular weight excluding hydrogens is 374 g/mol. The molecule has 0 fully saturated rings. The van der Waals surface area contributed by atoms with E-state index in [0.29, 0.717) is 22.6 Å². The smallest absolute Gasteiger partial charge is 0.312 e. The number of nitro groups is 1. The van der Waals surface area contributed by atoms with E-state index in [1.807, 2.05) is 6.07 Å². The van der Waals surface area contributed by atoms with Crippen molar-refractivity contribution in [2.45, 2.75) is 20.4 Å². The van der Waals surface area contributed by atoms with Gasteiger partial charge in [-0.25, -0.2) is 0 Å². The summed E-state index contributed by atoms with van der Waals surface area (Å²) in [6.07, 6.45) is 0. The minimum Gasteiger partial charge on any atom is -0.324 e. The lowest BCUT2D eigenvalue weighted by molar-refractivity contribution is -0.386. The highest BCUT2D eigenvalue weighted by molar-refractivity contribution is 6.04. The number of rotatable bonds is 6. The maximum Gasteiger partial charge on any atom is 0.312 e. The molecule has 0 radical (unpaired) electrons. The first kappa shape index (κ1) is 19.7. The summed E-state index contributed by atoms with van der Waals surface area (Å²) < 4.78 is 1.30.